The fourth-order valence-corrected chi connectivity index (χ4v) is 2.97. The molecule has 0 saturated carbocycles. The van der Waals surface area contributed by atoms with E-state index >= 15 is 0 Å². The topological polar surface area (TPSA) is 38.1 Å². The summed E-state index contributed by atoms with van der Waals surface area (Å²) < 4.78 is 1.75. The molecule has 0 amide bonds. The Hall–Kier alpha value is -1.84. The summed E-state index contributed by atoms with van der Waals surface area (Å²) in [4.78, 5) is 17.1. The summed E-state index contributed by atoms with van der Waals surface area (Å²) in [6, 6.07) is 5.92. The zero-order valence-corrected chi connectivity index (χ0v) is 14.7. The monoisotopic (exact) mass is 315 g/mol. The van der Waals surface area contributed by atoms with Crippen molar-refractivity contribution in [2.45, 2.75) is 58.8 Å². The standard InChI is InChI=1S/C19H29N3O/c1-4-6-7-8-9-10-14-21(3)22-18-17(12-11-13-20-18)15-16(5-2)19(22)23/h11-13,15H,4-10,14H2,1-3H3. The van der Waals surface area contributed by atoms with Crippen LogP contribution in [-0.4, -0.2) is 23.3 Å². The lowest BCUT2D eigenvalue weighted by molar-refractivity contribution is 0.563. The Morgan fingerprint density at radius 3 is 2.61 bits per heavy atom. The number of hydrogen-bond acceptors (Lipinski definition) is 3. The van der Waals surface area contributed by atoms with Crippen LogP contribution in [-0.2, 0) is 6.42 Å². The van der Waals surface area contributed by atoms with Crippen molar-refractivity contribution in [1.29, 1.82) is 0 Å². The summed E-state index contributed by atoms with van der Waals surface area (Å²) in [5, 5.41) is 3.05. The number of unbranched alkanes of at least 4 members (excludes halogenated alkanes) is 5. The highest BCUT2D eigenvalue weighted by atomic mass is 16.1. The van der Waals surface area contributed by atoms with Crippen LogP contribution in [0, 0.1) is 0 Å². The second kappa shape index (κ2) is 8.70. The second-order valence-electron chi connectivity index (χ2n) is 6.21. The van der Waals surface area contributed by atoms with Gasteiger partial charge < -0.3 is 5.01 Å². The predicted octanol–water partition coefficient (Wildman–Crippen LogP) is 3.89. The summed E-state index contributed by atoms with van der Waals surface area (Å²) in [5.41, 5.74) is 1.66. The van der Waals surface area contributed by atoms with E-state index in [9.17, 15) is 4.79 Å². The lowest BCUT2D eigenvalue weighted by Gasteiger charge is -2.23. The molecular formula is C19H29N3O. The Bertz CT molecular complexity index is 678. The molecule has 23 heavy (non-hydrogen) atoms. The van der Waals surface area contributed by atoms with Gasteiger partial charge in [0.05, 0.1) is 0 Å². The maximum absolute atomic E-state index is 12.7. The molecule has 2 aromatic heterocycles. The second-order valence-corrected chi connectivity index (χ2v) is 6.21. The maximum atomic E-state index is 12.7. The van der Waals surface area contributed by atoms with Gasteiger partial charge in [-0.1, -0.05) is 46.0 Å². The zero-order valence-electron chi connectivity index (χ0n) is 14.7. The summed E-state index contributed by atoms with van der Waals surface area (Å²) in [6.07, 6.45) is 10.0. The van der Waals surface area contributed by atoms with Crippen molar-refractivity contribution in [2.75, 3.05) is 18.6 Å². The molecule has 0 radical (unpaired) electrons. The van der Waals surface area contributed by atoms with E-state index in [4.69, 9.17) is 0 Å². The van der Waals surface area contributed by atoms with Crippen LogP contribution in [0.2, 0.25) is 0 Å². The van der Waals surface area contributed by atoms with Gasteiger partial charge in [-0.15, -0.1) is 0 Å². The van der Waals surface area contributed by atoms with Gasteiger partial charge in [0.15, 0.2) is 5.65 Å². The molecule has 0 fully saturated rings. The van der Waals surface area contributed by atoms with Gasteiger partial charge in [-0.05, 0) is 31.0 Å². The Balaban J connectivity index is 2.14. The van der Waals surface area contributed by atoms with Crippen LogP contribution in [0.3, 0.4) is 0 Å². The van der Waals surface area contributed by atoms with Crippen molar-refractivity contribution in [1.82, 2.24) is 9.66 Å². The normalized spacial score (nSPS) is 11.1. The average Bonchev–Trinajstić information content (AvgIpc) is 2.57. The van der Waals surface area contributed by atoms with Crippen molar-refractivity contribution in [3.8, 4) is 0 Å². The van der Waals surface area contributed by atoms with Gasteiger partial charge in [-0.25, -0.2) is 9.66 Å². The average molecular weight is 315 g/mol. The summed E-state index contributed by atoms with van der Waals surface area (Å²) >= 11 is 0. The van der Waals surface area contributed by atoms with E-state index in [1.807, 2.05) is 37.2 Å². The number of fused-ring (bicyclic) bond motifs is 1. The first-order chi connectivity index (χ1) is 11.2. The quantitative estimate of drug-likeness (QED) is 0.659. The van der Waals surface area contributed by atoms with Crippen LogP contribution in [0.25, 0.3) is 11.0 Å². The van der Waals surface area contributed by atoms with Gasteiger partial charge in [0.25, 0.3) is 5.56 Å². The van der Waals surface area contributed by atoms with Crippen molar-refractivity contribution < 1.29 is 0 Å². The van der Waals surface area contributed by atoms with E-state index in [0.717, 1.165) is 36.0 Å². The summed E-state index contributed by atoms with van der Waals surface area (Å²) in [7, 11) is 1.99. The molecule has 0 spiro atoms. The summed E-state index contributed by atoms with van der Waals surface area (Å²) in [6.45, 7) is 5.14. The Labute approximate surface area is 139 Å². The van der Waals surface area contributed by atoms with Gasteiger partial charge in [-0.3, -0.25) is 4.79 Å². The van der Waals surface area contributed by atoms with E-state index in [-0.39, 0.29) is 5.56 Å². The lowest BCUT2D eigenvalue weighted by atomic mass is 10.1. The smallest absolute Gasteiger partial charge is 0.274 e. The minimum Gasteiger partial charge on any atom is -0.311 e. The largest absolute Gasteiger partial charge is 0.311 e. The van der Waals surface area contributed by atoms with Gasteiger partial charge in [-0.2, -0.15) is 0 Å². The number of aryl methyl sites for hydroxylation is 1. The molecule has 2 rings (SSSR count). The molecule has 0 aliphatic carbocycles. The molecule has 4 nitrogen and oxygen atoms in total. The van der Waals surface area contributed by atoms with Crippen LogP contribution in [0.1, 0.15) is 57.9 Å². The first kappa shape index (κ1) is 17.5. The number of pyridine rings is 2. The fourth-order valence-electron chi connectivity index (χ4n) is 2.97. The van der Waals surface area contributed by atoms with Crippen LogP contribution in [0.4, 0.5) is 0 Å². The summed E-state index contributed by atoms with van der Waals surface area (Å²) in [5.74, 6) is 0. The van der Waals surface area contributed by atoms with Gasteiger partial charge in [0.1, 0.15) is 0 Å². The lowest BCUT2D eigenvalue weighted by Crippen LogP contribution is -2.41. The molecule has 0 aliphatic heterocycles. The SMILES string of the molecule is CCCCCCCCN(C)n1c(=O)c(CC)cc2cccnc21. The van der Waals surface area contributed by atoms with Gasteiger partial charge >= 0.3 is 0 Å². The van der Waals surface area contributed by atoms with Gasteiger partial charge in [0, 0.05) is 30.7 Å². The first-order valence-corrected chi connectivity index (χ1v) is 8.90. The van der Waals surface area contributed by atoms with Crippen LogP contribution >= 0.6 is 0 Å². The Morgan fingerprint density at radius 1 is 1.13 bits per heavy atom. The van der Waals surface area contributed by atoms with Crippen molar-refractivity contribution in [3.63, 3.8) is 0 Å². The van der Waals surface area contributed by atoms with Gasteiger partial charge in [0.2, 0.25) is 0 Å². The number of nitrogens with zero attached hydrogens (tertiary/aromatic N) is 3. The molecule has 0 aromatic carbocycles. The fraction of sp³-hybridized carbons (Fsp3) is 0.579. The van der Waals surface area contributed by atoms with E-state index in [2.05, 4.69) is 11.9 Å². The molecule has 0 saturated heterocycles. The highest BCUT2D eigenvalue weighted by molar-refractivity contribution is 5.75. The molecular weight excluding hydrogens is 286 g/mol. The molecule has 126 valence electrons. The molecule has 4 heteroatoms. The molecule has 0 aliphatic rings. The minimum atomic E-state index is 0.0622. The Kier molecular flexibility index (Phi) is 6.63. The number of rotatable bonds is 9. The Morgan fingerprint density at radius 2 is 1.87 bits per heavy atom. The van der Waals surface area contributed by atoms with Crippen molar-refractivity contribution in [2.24, 2.45) is 0 Å². The third kappa shape index (κ3) is 4.34. The van der Waals surface area contributed by atoms with Crippen LogP contribution in [0.5, 0.6) is 0 Å². The molecule has 2 heterocycles. The van der Waals surface area contributed by atoms with Crippen LogP contribution in [0.15, 0.2) is 29.2 Å². The minimum absolute atomic E-state index is 0.0622. The molecule has 2 aromatic rings. The van der Waals surface area contributed by atoms with E-state index < -0.39 is 0 Å². The molecule has 0 bridgehead atoms. The van der Waals surface area contributed by atoms with Crippen molar-refractivity contribution >= 4 is 11.0 Å². The third-order valence-electron chi connectivity index (χ3n) is 4.37. The predicted molar refractivity (Wildman–Crippen MR) is 97.8 cm³/mol. The third-order valence-corrected chi connectivity index (χ3v) is 4.37. The number of aromatic nitrogens is 2. The van der Waals surface area contributed by atoms with E-state index in [1.54, 1.807) is 10.9 Å². The molecule has 0 N–H and O–H groups in total. The van der Waals surface area contributed by atoms with E-state index in [1.165, 1.54) is 32.1 Å². The van der Waals surface area contributed by atoms with E-state index in [0.29, 0.717) is 0 Å². The highest BCUT2D eigenvalue weighted by Gasteiger charge is 2.12. The molecule has 0 atom stereocenters. The maximum Gasteiger partial charge on any atom is 0.274 e. The highest BCUT2D eigenvalue weighted by Crippen LogP contribution is 2.12. The zero-order chi connectivity index (χ0) is 16.7. The molecule has 0 unspecified atom stereocenters. The van der Waals surface area contributed by atoms with Crippen LogP contribution < -0.4 is 10.6 Å². The number of hydrogen-bond donors (Lipinski definition) is 0. The van der Waals surface area contributed by atoms with Crippen molar-refractivity contribution in [3.05, 3.63) is 40.3 Å². The first-order valence-electron chi connectivity index (χ1n) is 8.90.